The van der Waals surface area contributed by atoms with Crippen LogP contribution in [-0.4, -0.2) is 35.0 Å². The summed E-state index contributed by atoms with van der Waals surface area (Å²) in [5.41, 5.74) is 2.78. The summed E-state index contributed by atoms with van der Waals surface area (Å²) in [5, 5.41) is 3.98. The normalized spacial score (nSPS) is 11.9. The number of benzene rings is 3. The number of amides is 1. The van der Waals surface area contributed by atoms with Gasteiger partial charge in [0.1, 0.15) is 11.6 Å². The fourth-order valence-electron chi connectivity index (χ4n) is 3.95. The summed E-state index contributed by atoms with van der Waals surface area (Å²) >= 11 is 0. The molecule has 0 aliphatic carbocycles. The molecular formula is C29H31FN4O. The van der Waals surface area contributed by atoms with Crippen LogP contribution in [0.2, 0.25) is 0 Å². The van der Waals surface area contributed by atoms with Gasteiger partial charge in [0.25, 0.3) is 0 Å². The first-order valence-electron chi connectivity index (χ1n) is 12.1. The fraction of sp³-hybridized carbons (Fsp3) is 0.276. The minimum Gasteiger partial charge on any atom is -0.355 e. The molecule has 1 N–H and O–H groups in total. The summed E-state index contributed by atoms with van der Waals surface area (Å²) in [7, 11) is 0. The van der Waals surface area contributed by atoms with Gasteiger partial charge in [-0.05, 0) is 61.7 Å². The van der Waals surface area contributed by atoms with Gasteiger partial charge in [0.05, 0.1) is 5.52 Å². The van der Waals surface area contributed by atoms with E-state index in [9.17, 15) is 9.18 Å². The monoisotopic (exact) mass is 470 g/mol. The van der Waals surface area contributed by atoms with Crippen LogP contribution in [0.25, 0.3) is 22.3 Å². The highest BCUT2D eigenvalue weighted by molar-refractivity contribution is 5.91. The lowest BCUT2D eigenvalue weighted by atomic mass is 10.1. The molecule has 3 aromatic carbocycles. The average Bonchev–Trinajstić information content (AvgIpc) is 2.89. The number of hydrogen-bond donors (Lipinski definition) is 1. The van der Waals surface area contributed by atoms with E-state index < -0.39 is 0 Å². The molecule has 180 valence electrons. The van der Waals surface area contributed by atoms with Crippen molar-refractivity contribution in [3.63, 3.8) is 0 Å². The number of aromatic nitrogens is 2. The summed E-state index contributed by atoms with van der Waals surface area (Å²) in [6.07, 6.45) is 2.07. The van der Waals surface area contributed by atoms with Gasteiger partial charge in [0.15, 0.2) is 5.82 Å². The Labute approximate surface area is 206 Å². The first kappa shape index (κ1) is 24.3. The van der Waals surface area contributed by atoms with E-state index in [0.717, 1.165) is 35.1 Å². The molecule has 1 atom stereocenters. The first-order valence-corrected chi connectivity index (χ1v) is 12.1. The summed E-state index contributed by atoms with van der Waals surface area (Å²) in [5.74, 6) is 1.04. The van der Waals surface area contributed by atoms with E-state index >= 15 is 0 Å². The van der Waals surface area contributed by atoms with Gasteiger partial charge in [-0.3, -0.25) is 4.79 Å². The number of hydrogen-bond acceptors (Lipinski definition) is 4. The molecule has 5 nitrogen and oxygen atoms in total. The molecule has 4 rings (SSSR count). The maximum absolute atomic E-state index is 13.5. The fourth-order valence-corrected chi connectivity index (χ4v) is 3.95. The zero-order valence-electron chi connectivity index (χ0n) is 20.2. The Morgan fingerprint density at radius 3 is 2.40 bits per heavy atom. The number of nitrogens with zero attached hydrogens (tertiary/aromatic N) is 3. The van der Waals surface area contributed by atoms with Crippen molar-refractivity contribution in [2.75, 3.05) is 18.0 Å². The van der Waals surface area contributed by atoms with Crippen LogP contribution in [0.5, 0.6) is 0 Å². The van der Waals surface area contributed by atoms with Gasteiger partial charge in [-0.25, -0.2) is 14.4 Å². The third-order valence-electron chi connectivity index (χ3n) is 6.13. The van der Waals surface area contributed by atoms with Gasteiger partial charge in [0, 0.05) is 36.5 Å². The molecule has 1 amide bonds. The van der Waals surface area contributed by atoms with Crippen LogP contribution in [0.4, 0.5) is 10.2 Å². The summed E-state index contributed by atoms with van der Waals surface area (Å²) in [6, 6.07) is 24.5. The Balaban J connectivity index is 1.69. The molecule has 4 aromatic rings. The molecular weight excluding hydrogens is 439 g/mol. The molecule has 0 fully saturated rings. The maximum Gasteiger partial charge on any atom is 0.221 e. The molecule has 35 heavy (non-hydrogen) atoms. The minimum atomic E-state index is -0.299. The Bertz CT molecular complexity index is 1260. The second kappa shape index (κ2) is 11.6. The minimum absolute atomic E-state index is 0.0289. The largest absolute Gasteiger partial charge is 0.355 e. The molecule has 0 aliphatic heterocycles. The maximum atomic E-state index is 13.5. The molecule has 1 heterocycles. The van der Waals surface area contributed by atoms with Crippen molar-refractivity contribution in [2.24, 2.45) is 0 Å². The van der Waals surface area contributed by atoms with Crippen LogP contribution in [0, 0.1) is 5.82 Å². The van der Waals surface area contributed by atoms with Crippen molar-refractivity contribution < 1.29 is 9.18 Å². The van der Waals surface area contributed by atoms with E-state index in [1.807, 2.05) is 49.4 Å². The molecule has 1 aromatic heterocycles. The standard InChI is InChI=1S/C29H31FN4O/c1-3-21(2)31-27(35)18-20-34(19-17-22-9-5-4-6-10-22)29-25-11-7-8-12-26(25)32-28(33-29)23-13-15-24(30)16-14-23/h4-16,21H,3,17-20H2,1-2H3,(H,31,35)/t21-/m0/s1. The molecule has 0 unspecified atom stereocenters. The molecule has 6 heteroatoms. The van der Waals surface area contributed by atoms with Gasteiger partial charge in [-0.2, -0.15) is 0 Å². The van der Waals surface area contributed by atoms with Crippen LogP contribution in [-0.2, 0) is 11.2 Å². The molecule has 0 aliphatic rings. The predicted molar refractivity (Wildman–Crippen MR) is 140 cm³/mol. The number of nitrogens with one attached hydrogen (secondary N) is 1. The second-order valence-electron chi connectivity index (χ2n) is 8.74. The van der Waals surface area contributed by atoms with E-state index in [1.54, 1.807) is 12.1 Å². The molecule has 0 radical (unpaired) electrons. The Morgan fingerprint density at radius 1 is 0.943 bits per heavy atom. The number of rotatable bonds is 10. The highest BCUT2D eigenvalue weighted by Crippen LogP contribution is 2.28. The number of carbonyl (C=O) groups is 1. The number of fused-ring (bicyclic) bond motifs is 1. The molecule has 0 spiro atoms. The van der Waals surface area contributed by atoms with Gasteiger partial charge in [-0.1, -0.05) is 49.4 Å². The first-order chi connectivity index (χ1) is 17.0. The van der Waals surface area contributed by atoms with Crippen molar-refractivity contribution in [3.8, 4) is 11.4 Å². The van der Waals surface area contributed by atoms with E-state index in [2.05, 4.69) is 29.3 Å². The Morgan fingerprint density at radius 2 is 1.66 bits per heavy atom. The van der Waals surface area contributed by atoms with E-state index in [1.165, 1.54) is 17.7 Å². The zero-order chi connectivity index (χ0) is 24.6. The number of para-hydroxylation sites is 1. The van der Waals surface area contributed by atoms with E-state index in [0.29, 0.717) is 25.3 Å². The van der Waals surface area contributed by atoms with Crippen LogP contribution in [0.1, 0.15) is 32.3 Å². The average molecular weight is 471 g/mol. The summed E-state index contributed by atoms with van der Waals surface area (Å²) < 4.78 is 13.5. The van der Waals surface area contributed by atoms with Crippen LogP contribution >= 0.6 is 0 Å². The van der Waals surface area contributed by atoms with E-state index in [-0.39, 0.29) is 17.8 Å². The van der Waals surface area contributed by atoms with Crippen LogP contribution in [0.15, 0.2) is 78.9 Å². The summed E-state index contributed by atoms with van der Waals surface area (Å²) in [6.45, 7) is 5.29. The smallest absolute Gasteiger partial charge is 0.221 e. The van der Waals surface area contributed by atoms with Crippen molar-refractivity contribution >= 4 is 22.6 Å². The molecule has 0 saturated carbocycles. The number of carbonyl (C=O) groups excluding carboxylic acids is 1. The van der Waals surface area contributed by atoms with Crippen LogP contribution < -0.4 is 10.2 Å². The lowest BCUT2D eigenvalue weighted by molar-refractivity contribution is -0.121. The second-order valence-corrected chi connectivity index (χ2v) is 8.74. The lowest BCUT2D eigenvalue weighted by Crippen LogP contribution is -2.36. The zero-order valence-corrected chi connectivity index (χ0v) is 20.2. The predicted octanol–water partition coefficient (Wildman–Crippen LogP) is 5.79. The van der Waals surface area contributed by atoms with Crippen molar-refractivity contribution in [1.29, 1.82) is 0 Å². The lowest BCUT2D eigenvalue weighted by Gasteiger charge is -2.26. The SMILES string of the molecule is CC[C@H](C)NC(=O)CCN(CCc1ccccc1)c1nc(-c2ccc(F)cc2)nc2ccccc12. The quantitative estimate of drug-likeness (QED) is 0.319. The Kier molecular flexibility index (Phi) is 8.03. The van der Waals surface area contributed by atoms with Gasteiger partial charge in [0.2, 0.25) is 5.91 Å². The third-order valence-corrected chi connectivity index (χ3v) is 6.13. The molecule has 0 saturated heterocycles. The van der Waals surface area contributed by atoms with Crippen molar-refractivity contribution in [2.45, 2.75) is 39.2 Å². The van der Waals surface area contributed by atoms with Gasteiger partial charge < -0.3 is 10.2 Å². The highest BCUT2D eigenvalue weighted by atomic mass is 19.1. The van der Waals surface area contributed by atoms with Gasteiger partial charge in [-0.15, -0.1) is 0 Å². The van der Waals surface area contributed by atoms with Crippen molar-refractivity contribution in [3.05, 3.63) is 90.2 Å². The molecule has 0 bridgehead atoms. The summed E-state index contributed by atoms with van der Waals surface area (Å²) in [4.78, 5) is 24.4. The van der Waals surface area contributed by atoms with Gasteiger partial charge >= 0.3 is 0 Å². The van der Waals surface area contributed by atoms with Crippen molar-refractivity contribution in [1.82, 2.24) is 15.3 Å². The Hall–Kier alpha value is -3.80. The van der Waals surface area contributed by atoms with Crippen LogP contribution in [0.3, 0.4) is 0 Å². The topological polar surface area (TPSA) is 58.1 Å². The number of halogens is 1. The third kappa shape index (κ3) is 6.41. The highest BCUT2D eigenvalue weighted by Gasteiger charge is 2.17. The van der Waals surface area contributed by atoms with E-state index in [4.69, 9.17) is 9.97 Å². The number of anilines is 1.